The van der Waals surface area contributed by atoms with E-state index in [1.54, 1.807) is 0 Å². The molecule has 0 aromatic rings. The fourth-order valence-electron chi connectivity index (χ4n) is 1.52. The molecule has 0 unspecified atom stereocenters. The molecule has 0 spiro atoms. The molecule has 0 aromatic heterocycles. The van der Waals surface area contributed by atoms with E-state index in [2.05, 4.69) is 4.90 Å². The highest BCUT2D eigenvalue weighted by molar-refractivity contribution is 5.70. The van der Waals surface area contributed by atoms with E-state index in [-0.39, 0.29) is 12.1 Å². The number of esters is 1. The average molecular weight is 157 g/mol. The van der Waals surface area contributed by atoms with Crippen LogP contribution in [0.2, 0.25) is 0 Å². The van der Waals surface area contributed by atoms with E-state index >= 15 is 0 Å². The van der Waals surface area contributed by atoms with Crippen molar-refractivity contribution in [3.8, 4) is 0 Å². The lowest BCUT2D eigenvalue weighted by Gasteiger charge is -2.33. The molecular formula is C8H15NO2. The van der Waals surface area contributed by atoms with Crippen molar-refractivity contribution in [1.82, 2.24) is 4.90 Å². The van der Waals surface area contributed by atoms with Crippen LogP contribution in [0.5, 0.6) is 0 Å². The highest BCUT2D eigenvalue weighted by Gasteiger charge is 2.28. The lowest BCUT2D eigenvalue weighted by atomic mass is 10.0. The number of carbonyl (C=O) groups is 1. The first kappa shape index (κ1) is 8.53. The van der Waals surface area contributed by atoms with E-state index < -0.39 is 0 Å². The van der Waals surface area contributed by atoms with Crippen LogP contribution in [-0.2, 0) is 9.53 Å². The van der Waals surface area contributed by atoms with Gasteiger partial charge in [-0.15, -0.1) is 0 Å². The van der Waals surface area contributed by atoms with Crippen molar-refractivity contribution in [2.75, 3.05) is 14.1 Å². The second-order valence-electron chi connectivity index (χ2n) is 3.26. The summed E-state index contributed by atoms with van der Waals surface area (Å²) in [5.74, 6) is -0.0596. The van der Waals surface area contributed by atoms with Gasteiger partial charge in [0.15, 0.2) is 0 Å². The fourth-order valence-corrected chi connectivity index (χ4v) is 1.52. The van der Waals surface area contributed by atoms with Crippen LogP contribution >= 0.6 is 0 Å². The van der Waals surface area contributed by atoms with Crippen LogP contribution in [0.4, 0.5) is 0 Å². The predicted molar refractivity (Wildman–Crippen MR) is 42.3 cm³/mol. The molecule has 1 fully saturated rings. The Morgan fingerprint density at radius 3 is 2.64 bits per heavy atom. The van der Waals surface area contributed by atoms with E-state index in [0.717, 1.165) is 6.42 Å². The van der Waals surface area contributed by atoms with E-state index in [9.17, 15) is 4.79 Å². The zero-order chi connectivity index (χ0) is 8.43. The Morgan fingerprint density at radius 2 is 2.18 bits per heavy atom. The van der Waals surface area contributed by atoms with Crippen molar-refractivity contribution in [3.63, 3.8) is 0 Å². The third-order valence-electron chi connectivity index (χ3n) is 2.17. The lowest BCUT2D eigenvalue weighted by Crippen LogP contribution is -2.43. The third kappa shape index (κ3) is 1.93. The number of carbonyl (C=O) groups excluding carboxylic acids is 1. The van der Waals surface area contributed by atoms with Crippen molar-refractivity contribution in [2.45, 2.75) is 31.9 Å². The van der Waals surface area contributed by atoms with Crippen molar-refractivity contribution < 1.29 is 9.53 Å². The summed E-state index contributed by atoms with van der Waals surface area (Å²) < 4.78 is 5.08. The number of cyclic esters (lactones) is 1. The van der Waals surface area contributed by atoms with Crippen molar-refractivity contribution in [1.29, 1.82) is 0 Å². The summed E-state index contributed by atoms with van der Waals surface area (Å²) in [7, 11) is 4.03. The van der Waals surface area contributed by atoms with Crippen LogP contribution in [0, 0.1) is 0 Å². The Kier molecular flexibility index (Phi) is 2.49. The molecule has 2 atom stereocenters. The van der Waals surface area contributed by atoms with Crippen LogP contribution in [0.3, 0.4) is 0 Å². The minimum absolute atomic E-state index is 0.0475. The van der Waals surface area contributed by atoms with Gasteiger partial charge in [0.25, 0.3) is 0 Å². The van der Waals surface area contributed by atoms with Crippen molar-refractivity contribution in [2.24, 2.45) is 0 Å². The molecule has 64 valence electrons. The molecule has 0 aliphatic carbocycles. The molecule has 1 aliphatic heterocycles. The van der Waals surface area contributed by atoms with E-state index in [1.165, 1.54) is 0 Å². The van der Waals surface area contributed by atoms with E-state index in [4.69, 9.17) is 4.74 Å². The number of hydrogen-bond donors (Lipinski definition) is 0. The summed E-state index contributed by atoms with van der Waals surface area (Å²) in [6, 6.07) is 0.396. The monoisotopic (exact) mass is 157 g/mol. The number of nitrogens with zero attached hydrogens (tertiary/aromatic N) is 1. The van der Waals surface area contributed by atoms with Gasteiger partial charge >= 0.3 is 5.97 Å². The molecule has 1 heterocycles. The van der Waals surface area contributed by atoms with Crippen LogP contribution in [0.15, 0.2) is 0 Å². The zero-order valence-electron chi connectivity index (χ0n) is 7.33. The zero-order valence-corrected chi connectivity index (χ0v) is 7.33. The Morgan fingerprint density at radius 1 is 1.55 bits per heavy atom. The second kappa shape index (κ2) is 3.22. The third-order valence-corrected chi connectivity index (χ3v) is 2.17. The minimum Gasteiger partial charge on any atom is -0.461 e. The topological polar surface area (TPSA) is 29.5 Å². The molecule has 11 heavy (non-hydrogen) atoms. The molecule has 3 heteroatoms. The molecule has 0 radical (unpaired) electrons. The molecule has 0 aromatic carbocycles. The first-order valence-corrected chi connectivity index (χ1v) is 3.97. The summed E-state index contributed by atoms with van der Waals surface area (Å²) in [4.78, 5) is 12.9. The van der Waals surface area contributed by atoms with Gasteiger partial charge in [-0.25, -0.2) is 0 Å². The minimum atomic E-state index is -0.0596. The van der Waals surface area contributed by atoms with Gasteiger partial charge in [0.05, 0.1) is 0 Å². The summed E-state index contributed by atoms with van der Waals surface area (Å²) in [6.07, 6.45) is 1.53. The van der Waals surface area contributed by atoms with Gasteiger partial charge in [-0.1, -0.05) is 0 Å². The first-order valence-electron chi connectivity index (χ1n) is 3.97. The molecule has 0 saturated carbocycles. The van der Waals surface area contributed by atoms with Gasteiger partial charge in [-0.05, 0) is 27.4 Å². The molecule has 0 amide bonds. The summed E-state index contributed by atoms with van der Waals surface area (Å²) >= 11 is 0. The summed E-state index contributed by atoms with van der Waals surface area (Å²) in [5, 5.41) is 0. The van der Waals surface area contributed by atoms with Crippen LogP contribution in [0.25, 0.3) is 0 Å². The van der Waals surface area contributed by atoms with Crippen molar-refractivity contribution >= 4 is 5.97 Å². The number of likely N-dealkylation sites (N-methyl/N-ethyl adjacent to an activating group) is 1. The number of ether oxygens (including phenoxy) is 1. The summed E-state index contributed by atoms with van der Waals surface area (Å²) in [6.45, 7) is 1.95. The van der Waals surface area contributed by atoms with Gasteiger partial charge < -0.3 is 9.64 Å². The second-order valence-corrected chi connectivity index (χ2v) is 3.26. The molecular weight excluding hydrogens is 142 g/mol. The maximum absolute atomic E-state index is 10.8. The molecule has 0 bridgehead atoms. The maximum Gasteiger partial charge on any atom is 0.306 e. The average Bonchev–Trinajstić information content (AvgIpc) is 1.85. The van der Waals surface area contributed by atoms with E-state index in [1.807, 2.05) is 21.0 Å². The highest BCUT2D eigenvalue weighted by Crippen LogP contribution is 2.17. The molecule has 3 nitrogen and oxygen atoms in total. The predicted octanol–water partition coefficient (Wildman–Crippen LogP) is 0.642. The van der Waals surface area contributed by atoms with Gasteiger partial charge in [0.2, 0.25) is 0 Å². The normalized spacial score (nSPS) is 32.2. The quantitative estimate of drug-likeness (QED) is 0.523. The standard InChI is InChI=1S/C8H15NO2/c1-6-7(9(2)3)4-5-8(10)11-6/h6-7H,4-5H2,1-3H3/t6-,7+/m0/s1. The molecule has 0 N–H and O–H groups in total. The smallest absolute Gasteiger partial charge is 0.306 e. The van der Waals surface area contributed by atoms with E-state index in [0.29, 0.717) is 12.5 Å². The number of hydrogen-bond acceptors (Lipinski definition) is 3. The lowest BCUT2D eigenvalue weighted by molar-refractivity contribution is -0.157. The molecule has 1 aliphatic rings. The van der Waals surface area contributed by atoms with Crippen LogP contribution in [0.1, 0.15) is 19.8 Å². The number of rotatable bonds is 1. The van der Waals surface area contributed by atoms with Gasteiger partial charge in [-0.3, -0.25) is 4.79 Å². The van der Waals surface area contributed by atoms with Gasteiger partial charge in [-0.2, -0.15) is 0 Å². The summed E-state index contributed by atoms with van der Waals surface area (Å²) in [5.41, 5.74) is 0. The fraction of sp³-hybridized carbons (Fsp3) is 0.875. The Balaban J connectivity index is 2.50. The molecule has 1 rings (SSSR count). The van der Waals surface area contributed by atoms with Crippen LogP contribution < -0.4 is 0 Å². The Bertz CT molecular complexity index is 156. The Hall–Kier alpha value is -0.570. The largest absolute Gasteiger partial charge is 0.461 e. The highest BCUT2D eigenvalue weighted by atomic mass is 16.5. The Labute approximate surface area is 67.3 Å². The van der Waals surface area contributed by atoms with Crippen molar-refractivity contribution in [3.05, 3.63) is 0 Å². The maximum atomic E-state index is 10.8. The van der Waals surface area contributed by atoms with Crippen LogP contribution in [-0.4, -0.2) is 37.1 Å². The molecule has 1 saturated heterocycles. The van der Waals surface area contributed by atoms with Gasteiger partial charge in [0.1, 0.15) is 6.10 Å². The van der Waals surface area contributed by atoms with Gasteiger partial charge in [0, 0.05) is 12.5 Å². The SMILES string of the molecule is C[C@@H]1OC(=O)CC[C@H]1N(C)C. The first-order chi connectivity index (χ1) is 5.11.